The largest absolute Gasteiger partial charge is 0.377 e. The smallest absolute Gasteiger partial charge is 0.209 e. The van der Waals surface area contributed by atoms with Crippen LogP contribution in [0.4, 0.5) is 0 Å². The SMILES string of the molecule is CS(=O)(=O)N[C@H]1CCCN[C@H]1COC1CCC(c2ccccc2Cl)CC1. The average molecular weight is 401 g/mol. The topological polar surface area (TPSA) is 67.4 Å². The van der Waals surface area contributed by atoms with E-state index in [-0.39, 0.29) is 18.2 Å². The molecule has 0 aromatic heterocycles. The van der Waals surface area contributed by atoms with Gasteiger partial charge in [0.15, 0.2) is 0 Å². The molecule has 1 aromatic carbocycles. The van der Waals surface area contributed by atoms with Gasteiger partial charge in [-0.3, -0.25) is 0 Å². The molecule has 0 spiro atoms. The Morgan fingerprint density at radius 1 is 1.19 bits per heavy atom. The maximum Gasteiger partial charge on any atom is 0.209 e. The molecule has 26 heavy (non-hydrogen) atoms. The van der Waals surface area contributed by atoms with Gasteiger partial charge in [0.2, 0.25) is 10.0 Å². The van der Waals surface area contributed by atoms with Crippen LogP contribution in [0, 0.1) is 0 Å². The number of benzene rings is 1. The number of halogens is 1. The standard InChI is InChI=1S/C19H29ClN2O3S/c1-26(23,24)22-18-7-4-12-21-19(18)13-25-15-10-8-14(9-11-15)16-5-2-3-6-17(16)20/h2-3,5-6,14-15,18-19,21-22H,4,7-13H2,1H3/t14?,15?,18-,19-/m0/s1. The molecule has 0 amide bonds. The Morgan fingerprint density at radius 3 is 2.62 bits per heavy atom. The summed E-state index contributed by atoms with van der Waals surface area (Å²) >= 11 is 6.33. The molecule has 2 aliphatic rings. The zero-order chi connectivity index (χ0) is 18.6. The third-order valence-electron chi connectivity index (χ3n) is 5.48. The van der Waals surface area contributed by atoms with Crippen LogP contribution < -0.4 is 10.0 Å². The predicted octanol–water partition coefficient (Wildman–Crippen LogP) is 3.05. The maximum absolute atomic E-state index is 11.6. The monoisotopic (exact) mass is 400 g/mol. The number of rotatable bonds is 6. The minimum atomic E-state index is -3.20. The number of nitrogens with one attached hydrogen (secondary N) is 2. The lowest BCUT2D eigenvalue weighted by atomic mass is 9.82. The minimum Gasteiger partial charge on any atom is -0.377 e. The molecule has 0 unspecified atom stereocenters. The highest BCUT2D eigenvalue weighted by Crippen LogP contribution is 2.37. The Labute approximate surface area is 161 Å². The molecule has 1 saturated heterocycles. The fraction of sp³-hybridized carbons (Fsp3) is 0.684. The molecule has 7 heteroatoms. The van der Waals surface area contributed by atoms with Crippen LogP contribution in [0.2, 0.25) is 5.02 Å². The molecule has 1 saturated carbocycles. The number of hydrogen-bond acceptors (Lipinski definition) is 4. The highest BCUT2D eigenvalue weighted by Gasteiger charge is 2.29. The third-order valence-corrected chi connectivity index (χ3v) is 6.56. The van der Waals surface area contributed by atoms with Crippen LogP contribution in [-0.4, -0.2) is 46.0 Å². The predicted molar refractivity (Wildman–Crippen MR) is 105 cm³/mol. The van der Waals surface area contributed by atoms with E-state index in [4.69, 9.17) is 16.3 Å². The summed E-state index contributed by atoms with van der Waals surface area (Å²) in [6.07, 6.45) is 7.50. The van der Waals surface area contributed by atoms with Gasteiger partial charge in [0.05, 0.1) is 19.0 Å². The van der Waals surface area contributed by atoms with Gasteiger partial charge in [-0.05, 0) is 62.6 Å². The van der Waals surface area contributed by atoms with Crippen molar-refractivity contribution in [1.29, 1.82) is 0 Å². The second-order valence-corrected chi connectivity index (χ2v) is 9.72. The van der Waals surface area contributed by atoms with Crippen molar-refractivity contribution in [3.8, 4) is 0 Å². The molecule has 2 atom stereocenters. The Kier molecular flexibility index (Phi) is 6.97. The fourth-order valence-electron chi connectivity index (χ4n) is 4.13. The normalized spacial score (nSPS) is 30.2. The first-order valence-corrected chi connectivity index (χ1v) is 11.8. The quantitative estimate of drug-likeness (QED) is 0.770. The van der Waals surface area contributed by atoms with E-state index >= 15 is 0 Å². The minimum absolute atomic E-state index is 0.0415. The summed E-state index contributed by atoms with van der Waals surface area (Å²) in [4.78, 5) is 0. The Bertz CT molecular complexity index is 690. The van der Waals surface area contributed by atoms with E-state index in [0.717, 1.165) is 50.1 Å². The molecule has 3 rings (SSSR count). The lowest BCUT2D eigenvalue weighted by Gasteiger charge is -2.35. The van der Waals surface area contributed by atoms with Crippen LogP contribution in [0.25, 0.3) is 0 Å². The highest BCUT2D eigenvalue weighted by atomic mass is 35.5. The van der Waals surface area contributed by atoms with Gasteiger partial charge in [-0.25, -0.2) is 13.1 Å². The third kappa shape index (κ3) is 5.67. The van der Waals surface area contributed by atoms with Gasteiger partial charge in [-0.15, -0.1) is 0 Å². The molecule has 5 nitrogen and oxygen atoms in total. The van der Waals surface area contributed by atoms with E-state index in [1.54, 1.807) is 0 Å². The lowest BCUT2D eigenvalue weighted by Crippen LogP contribution is -2.55. The summed E-state index contributed by atoms with van der Waals surface area (Å²) in [7, 11) is -3.20. The van der Waals surface area contributed by atoms with Crippen LogP contribution in [0.15, 0.2) is 24.3 Å². The zero-order valence-corrected chi connectivity index (χ0v) is 16.9. The van der Waals surface area contributed by atoms with Crippen molar-refractivity contribution in [3.05, 3.63) is 34.9 Å². The first-order chi connectivity index (χ1) is 12.4. The van der Waals surface area contributed by atoms with Crippen molar-refractivity contribution < 1.29 is 13.2 Å². The Balaban J connectivity index is 1.48. The average Bonchev–Trinajstić information content (AvgIpc) is 2.61. The second-order valence-electron chi connectivity index (χ2n) is 7.53. The fourth-order valence-corrected chi connectivity index (χ4v) is 5.25. The van der Waals surface area contributed by atoms with Crippen LogP contribution >= 0.6 is 11.6 Å². The zero-order valence-electron chi connectivity index (χ0n) is 15.3. The van der Waals surface area contributed by atoms with Crippen molar-refractivity contribution in [2.75, 3.05) is 19.4 Å². The van der Waals surface area contributed by atoms with Crippen LogP contribution in [0.5, 0.6) is 0 Å². The van der Waals surface area contributed by atoms with E-state index in [2.05, 4.69) is 16.1 Å². The van der Waals surface area contributed by atoms with Gasteiger partial charge >= 0.3 is 0 Å². The number of piperidine rings is 1. The second kappa shape index (κ2) is 9.02. The summed E-state index contributed by atoms with van der Waals surface area (Å²) in [5, 5.41) is 4.26. The van der Waals surface area contributed by atoms with Crippen LogP contribution in [0.3, 0.4) is 0 Å². The van der Waals surface area contributed by atoms with Crippen molar-refractivity contribution >= 4 is 21.6 Å². The van der Waals surface area contributed by atoms with Crippen LogP contribution in [-0.2, 0) is 14.8 Å². The number of ether oxygens (including phenoxy) is 1. The molecule has 1 aromatic rings. The molecule has 0 radical (unpaired) electrons. The van der Waals surface area contributed by atoms with E-state index in [9.17, 15) is 8.42 Å². The van der Waals surface area contributed by atoms with E-state index in [1.807, 2.05) is 18.2 Å². The molecule has 1 heterocycles. The molecule has 1 aliphatic carbocycles. The van der Waals surface area contributed by atoms with Gasteiger partial charge in [0, 0.05) is 17.1 Å². The van der Waals surface area contributed by atoms with Gasteiger partial charge in [0.25, 0.3) is 0 Å². The Morgan fingerprint density at radius 2 is 1.92 bits per heavy atom. The lowest BCUT2D eigenvalue weighted by molar-refractivity contribution is 0.00524. The molecule has 0 bridgehead atoms. The highest BCUT2D eigenvalue weighted by molar-refractivity contribution is 7.88. The molecule has 146 valence electrons. The Hall–Kier alpha value is -0.660. The first kappa shape index (κ1) is 20.1. The van der Waals surface area contributed by atoms with Gasteiger partial charge < -0.3 is 10.1 Å². The van der Waals surface area contributed by atoms with Gasteiger partial charge in [-0.2, -0.15) is 0 Å². The van der Waals surface area contributed by atoms with Gasteiger partial charge in [0.1, 0.15) is 0 Å². The molecule has 2 fully saturated rings. The van der Waals surface area contributed by atoms with Crippen LogP contribution in [0.1, 0.15) is 50.0 Å². The number of hydrogen-bond donors (Lipinski definition) is 2. The molecular formula is C19H29ClN2O3S. The van der Waals surface area contributed by atoms with Gasteiger partial charge in [-0.1, -0.05) is 29.8 Å². The summed E-state index contributed by atoms with van der Waals surface area (Å²) in [5.74, 6) is 0.510. The maximum atomic E-state index is 11.6. The van der Waals surface area contributed by atoms with E-state index in [0.29, 0.717) is 12.5 Å². The summed E-state index contributed by atoms with van der Waals surface area (Å²) in [6.45, 7) is 1.46. The summed E-state index contributed by atoms with van der Waals surface area (Å²) < 4.78 is 32.0. The van der Waals surface area contributed by atoms with Crippen molar-refractivity contribution in [1.82, 2.24) is 10.0 Å². The molecule has 1 aliphatic heterocycles. The van der Waals surface area contributed by atoms with Crippen molar-refractivity contribution in [2.24, 2.45) is 0 Å². The molecule has 2 N–H and O–H groups in total. The first-order valence-electron chi connectivity index (χ1n) is 9.49. The van der Waals surface area contributed by atoms with E-state index in [1.165, 1.54) is 11.8 Å². The number of sulfonamides is 1. The van der Waals surface area contributed by atoms with Crippen molar-refractivity contribution in [3.63, 3.8) is 0 Å². The van der Waals surface area contributed by atoms with Crippen molar-refractivity contribution in [2.45, 2.75) is 62.6 Å². The molecular weight excluding hydrogens is 372 g/mol. The van der Waals surface area contributed by atoms with E-state index < -0.39 is 10.0 Å². The summed E-state index contributed by atoms with van der Waals surface area (Å²) in [5.41, 5.74) is 1.25. The summed E-state index contributed by atoms with van der Waals surface area (Å²) in [6, 6.07) is 8.06.